The van der Waals surface area contributed by atoms with E-state index >= 15 is 0 Å². The van der Waals surface area contributed by atoms with Gasteiger partial charge < -0.3 is 5.32 Å². The number of rotatable bonds is 4. The van der Waals surface area contributed by atoms with Gasteiger partial charge in [0.1, 0.15) is 5.82 Å². The highest BCUT2D eigenvalue weighted by Crippen LogP contribution is 2.26. The van der Waals surface area contributed by atoms with Gasteiger partial charge >= 0.3 is 0 Å². The van der Waals surface area contributed by atoms with Crippen molar-refractivity contribution in [2.45, 2.75) is 26.3 Å². The molecular weight excluding hydrogens is 264 g/mol. The number of fused-ring (bicyclic) bond motifs is 1. The number of nitrogens with zero attached hydrogens (tertiary/aromatic N) is 1. The molecule has 0 aliphatic carbocycles. The first-order chi connectivity index (χ1) is 9.74. The molecule has 1 aromatic carbocycles. The van der Waals surface area contributed by atoms with E-state index in [1.165, 1.54) is 21.2 Å². The fourth-order valence-corrected chi connectivity index (χ4v) is 3.02. The van der Waals surface area contributed by atoms with E-state index in [0.29, 0.717) is 5.92 Å². The summed E-state index contributed by atoms with van der Waals surface area (Å²) in [6.45, 7) is 5.24. The Morgan fingerprint density at radius 1 is 1.10 bits per heavy atom. The molecule has 0 unspecified atom stereocenters. The molecule has 0 aliphatic rings. The molecule has 0 atom stereocenters. The fourth-order valence-electron chi connectivity index (χ4n) is 2.24. The molecule has 0 fully saturated rings. The van der Waals surface area contributed by atoms with Crippen LogP contribution in [-0.2, 0) is 6.54 Å². The second-order valence-corrected chi connectivity index (χ2v) is 6.19. The highest BCUT2D eigenvalue weighted by Gasteiger charge is 2.03. The van der Waals surface area contributed by atoms with Crippen molar-refractivity contribution in [3.8, 4) is 0 Å². The summed E-state index contributed by atoms with van der Waals surface area (Å²) in [6.07, 6.45) is 1.86. The summed E-state index contributed by atoms with van der Waals surface area (Å²) >= 11 is 1.75. The minimum atomic E-state index is 0.582. The van der Waals surface area contributed by atoms with Crippen molar-refractivity contribution in [2.24, 2.45) is 0 Å². The third kappa shape index (κ3) is 2.68. The van der Waals surface area contributed by atoms with E-state index in [-0.39, 0.29) is 0 Å². The molecule has 0 saturated carbocycles. The lowest BCUT2D eigenvalue weighted by Gasteiger charge is -2.09. The van der Waals surface area contributed by atoms with Gasteiger partial charge in [0.25, 0.3) is 0 Å². The normalized spacial score (nSPS) is 11.2. The number of pyridine rings is 1. The third-order valence-electron chi connectivity index (χ3n) is 3.49. The van der Waals surface area contributed by atoms with Gasteiger partial charge in [-0.05, 0) is 34.6 Å². The number of hydrogen-bond acceptors (Lipinski definition) is 3. The van der Waals surface area contributed by atoms with Crippen LogP contribution in [0.1, 0.15) is 30.9 Å². The van der Waals surface area contributed by atoms with Crippen molar-refractivity contribution in [2.75, 3.05) is 5.32 Å². The molecule has 3 rings (SSSR count). The zero-order valence-electron chi connectivity index (χ0n) is 11.8. The molecular formula is C17H18N2S. The molecule has 3 heteroatoms. The third-order valence-corrected chi connectivity index (χ3v) is 4.37. The van der Waals surface area contributed by atoms with Gasteiger partial charge in [-0.3, -0.25) is 0 Å². The molecule has 0 amide bonds. The average Bonchev–Trinajstić information content (AvgIpc) is 2.94. The first-order valence-corrected chi connectivity index (χ1v) is 7.77. The highest BCUT2D eigenvalue weighted by atomic mass is 32.1. The molecule has 0 aliphatic heterocycles. The molecule has 0 radical (unpaired) electrons. The van der Waals surface area contributed by atoms with E-state index in [1.54, 1.807) is 11.3 Å². The van der Waals surface area contributed by atoms with Crippen LogP contribution in [0.3, 0.4) is 0 Å². The van der Waals surface area contributed by atoms with Crippen LogP contribution in [0.2, 0.25) is 0 Å². The lowest BCUT2D eigenvalue weighted by atomic mass is 10.0. The highest BCUT2D eigenvalue weighted by molar-refractivity contribution is 7.17. The van der Waals surface area contributed by atoms with Gasteiger partial charge in [-0.2, -0.15) is 0 Å². The summed E-state index contributed by atoms with van der Waals surface area (Å²) in [6, 6.07) is 13.0. The van der Waals surface area contributed by atoms with E-state index in [2.05, 4.69) is 65.9 Å². The van der Waals surface area contributed by atoms with E-state index in [0.717, 1.165) is 12.4 Å². The maximum atomic E-state index is 4.44. The Hall–Kier alpha value is -1.87. The first kappa shape index (κ1) is 13.1. The van der Waals surface area contributed by atoms with Gasteiger partial charge in [0.05, 0.1) is 0 Å². The van der Waals surface area contributed by atoms with Gasteiger partial charge in [-0.25, -0.2) is 4.98 Å². The molecule has 3 aromatic rings. The van der Waals surface area contributed by atoms with E-state index in [4.69, 9.17) is 0 Å². The van der Waals surface area contributed by atoms with Crippen LogP contribution in [0.15, 0.2) is 48.0 Å². The summed E-state index contributed by atoms with van der Waals surface area (Å²) in [5.41, 5.74) is 2.66. The molecule has 0 saturated heterocycles. The largest absolute Gasteiger partial charge is 0.365 e. The van der Waals surface area contributed by atoms with Gasteiger partial charge in [-0.15, -0.1) is 11.3 Å². The number of nitrogens with one attached hydrogen (secondary N) is 1. The van der Waals surface area contributed by atoms with E-state index < -0.39 is 0 Å². The Labute approximate surface area is 123 Å². The smallest absolute Gasteiger partial charge is 0.134 e. The zero-order valence-corrected chi connectivity index (χ0v) is 12.6. The van der Waals surface area contributed by atoms with Gasteiger partial charge in [0.15, 0.2) is 0 Å². The molecule has 0 bridgehead atoms. The van der Waals surface area contributed by atoms with Crippen LogP contribution in [0.5, 0.6) is 0 Å². The van der Waals surface area contributed by atoms with Crippen molar-refractivity contribution < 1.29 is 0 Å². The lowest BCUT2D eigenvalue weighted by molar-refractivity contribution is 0.865. The van der Waals surface area contributed by atoms with Gasteiger partial charge in [0, 0.05) is 22.8 Å². The maximum absolute atomic E-state index is 4.44. The Balaban J connectivity index is 1.74. The molecule has 2 heterocycles. The van der Waals surface area contributed by atoms with Crippen LogP contribution in [0.4, 0.5) is 5.82 Å². The van der Waals surface area contributed by atoms with Crippen molar-refractivity contribution in [1.29, 1.82) is 0 Å². The molecule has 0 spiro atoms. The monoisotopic (exact) mass is 282 g/mol. The van der Waals surface area contributed by atoms with E-state index in [1.807, 2.05) is 6.20 Å². The number of anilines is 1. The number of benzene rings is 1. The van der Waals surface area contributed by atoms with Crippen LogP contribution in [0, 0.1) is 0 Å². The lowest BCUT2D eigenvalue weighted by Crippen LogP contribution is -2.01. The summed E-state index contributed by atoms with van der Waals surface area (Å²) in [4.78, 5) is 4.44. The SMILES string of the molecule is CC(C)c1ccc(CNc2nccc3sccc23)cc1. The molecule has 1 N–H and O–H groups in total. The van der Waals surface area contributed by atoms with Crippen molar-refractivity contribution >= 4 is 27.2 Å². The Bertz CT molecular complexity index is 698. The Morgan fingerprint density at radius 3 is 2.65 bits per heavy atom. The fraction of sp³-hybridized carbons (Fsp3) is 0.235. The van der Waals surface area contributed by atoms with Gasteiger partial charge in [0.2, 0.25) is 0 Å². The minimum Gasteiger partial charge on any atom is -0.365 e. The van der Waals surface area contributed by atoms with Crippen LogP contribution in [0.25, 0.3) is 10.1 Å². The molecule has 2 nitrogen and oxygen atoms in total. The average molecular weight is 282 g/mol. The minimum absolute atomic E-state index is 0.582. The Morgan fingerprint density at radius 2 is 1.90 bits per heavy atom. The second-order valence-electron chi connectivity index (χ2n) is 5.24. The van der Waals surface area contributed by atoms with E-state index in [9.17, 15) is 0 Å². The predicted octanol–water partition coefficient (Wildman–Crippen LogP) is 5.03. The number of aromatic nitrogens is 1. The standard InChI is InChI=1S/C17H18N2S/c1-12(2)14-5-3-13(4-6-14)11-19-17-15-8-10-20-16(15)7-9-18-17/h3-10,12H,11H2,1-2H3,(H,18,19). The molecule has 20 heavy (non-hydrogen) atoms. The van der Waals surface area contributed by atoms with Crippen molar-refractivity contribution in [3.63, 3.8) is 0 Å². The van der Waals surface area contributed by atoms with Gasteiger partial charge in [-0.1, -0.05) is 38.1 Å². The second kappa shape index (κ2) is 5.63. The van der Waals surface area contributed by atoms with Crippen LogP contribution < -0.4 is 5.32 Å². The summed E-state index contributed by atoms with van der Waals surface area (Å²) < 4.78 is 1.28. The van der Waals surface area contributed by atoms with Crippen molar-refractivity contribution in [1.82, 2.24) is 4.98 Å². The summed E-state index contributed by atoms with van der Waals surface area (Å²) in [7, 11) is 0. The molecule has 2 aromatic heterocycles. The summed E-state index contributed by atoms with van der Waals surface area (Å²) in [5, 5.41) is 6.75. The maximum Gasteiger partial charge on any atom is 0.134 e. The summed E-state index contributed by atoms with van der Waals surface area (Å²) in [5.74, 6) is 1.55. The van der Waals surface area contributed by atoms with Crippen LogP contribution >= 0.6 is 11.3 Å². The number of hydrogen-bond donors (Lipinski definition) is 1. The number of thiophene rings is 1. The quantitative estimate of drug-likeness (QED) is 0.725. The predicted molar refractivity (Wildman–Crippen MR) is 87.5 cm³/mol. The van der Waals surface area contributed by atoms with Crippen LogP contribution in [-0.4, -0.2) is 4.98 Å². The topological polar surface area (TPSA) is 24.9 Å². The molecule has 102 valence electrons. The Kier molecular flexibility index (Phi) is 3.70. The first-order valence-electron chi connectivity index (χ1n) is 6.89. The zero-order chi connectivity index (χ0) is 13.9. The van der Waals surface area contributed by atoms with Crippen molar-refractivity contribution in [3.05, 3.63) is 59.1 Å².